The first-order valence-corrected chi connectivity index (χ1v) is 7.61. The van der Waals surface area contributed by atoms with Crippen LogP contribution < -0.4 is 4.90 Å². The maximum absolute atomic E-state index is 11.8. The molecule has 0 spiro atoms. The summed E-state index contributed by atoms with van der Waals surface area (Å²) in [6.45, 7) is 8.10. The van der Waals surface area contributed by atoms with Crippen molar-refractivity contribution in [1.82, 2.24) is 0 Å². The first kappa shape index (κ1) is 14.1. The fourth-order valence-electron chi connectivity index (χ4n) is 2.29. The lowest BCUT2D eigenvalue weighted by molar-refractivity contribution is -0.149. The minimum atomic E-state index is -0.0381. The van der Waals surface area contributed by atoms with E-state index >= 15 is 0 Å². The summed E-state index contributed by atoms with van der Waals surface area (Å²) in [6.07, 6.45) is 4.29. The van der Waals surface area contributed by atoms with Crippen molar-refractivity contribution in [1.29, 1.82) is 0 Å². The molecule has 0 saturated carbocycles. The maximum Gasteiger partial charge on any atom is 0.309 e. The Hall–Kier alpha value is -1.29. The number of anilines is 1. The van der Waals surface area contributed by atoms with Crippen LogP contribution >= 0.6 is 11.3 Å². The maximum atomic E-state index is 11.8. The Kier molecular flexibility index (Phi) is 5.02. The number of carbonyl (C=O) groups is 1. The summed E-state index contributed by atoms with van der Waals surface area (Å²) < 4.78 is 5.24. The van der Waals surface area contributed by atoms with E-state index in [9.17, 15) is 4.79 Å². The van der Waals surface area contributed by atoms with Gasteiger partial charge in [0.25, 0.3) is 0 Å². The Bertz CT molecular complexity index is 433. The fourth-order valence-corrected chi connectivity index (χ4v) is 3.20. The highest BCUT2D eigenvalue weighted by Gasteiger charge is 2.26. The van der Waals surface area contributed by atoms with Gasteiger partial charge >= 0.3 is 5.97 Å². The SMILES string of the molecule is C=CCCOC(=O)C1CCN(c2ccc(C)s2)CC1. The molecule has 1 saturated heterocycles. The smallest absolute Gasteiger partial charge is 0.309 e. The number of piperidine rings is 1. The van der Waals surface area contributed by atoms with Crippen LogP contribution in [0.25, 0.3) is 0 Å². The Morgan fingerprint density at radius 1 is 1.53 bits per heavy atom. The monoisotopic (exact) mass is 279 g/mol. The molecule has 4 heteroatoms. The molecule has 3 nitrogen and oxygen atoms in total. The van der Waals surface area contributed by atoms with Crippen LogP contribution in [0.5, 0.6) is 0 Å². The van der Waals surface area contributed by atoms with Crippen LogP contribution in [0, 0.1) is 12.8 Å². The summed E-state index contributed by atoms with van der Waals surface area (Å²) >= 11 is 1.82. The molecule has 0 aliphatic carbocycles. The molecular formula is C15H21NO2S. The summed E-state index contributed by atoms with van der Waals surface area (Å²) in [5.74, 6) is 0.0333. The van der Waals surface area contributed by atoms with Gasteiger partial charge in [0.2, 0.25) is 0 Å². The van der Waals surface area contributed by atoms with Gasteiger partial charge in [0.1, 0.15) is 0 Å². The Morgan fingerprint density at radius 3 is 2.84 bits per heavy atom. The van der Waals surface area contributed by atoms with Crippen LogP contribution in [-0.2, 0) is 9.53 Å². The molecule has 0 bridgehead atoms. The number of esters is 1. The zero-order valence-corrected chi connectivity index (χ0v) is 12.2. The molecule has 2 rings (SSSR count). The third kappa shape index (κ3) is 3.83. The molecule has 19 heavy (non-hydrogen) atoms. The molecule has 1 aliphatic rings. The second kappa shape index (κ2) is 6.75. The average molecular weight is 279 g/mol. The summed E-state index contributed by atoms with van der Waals surface area (Å²) in [5, 5.41) is 1.32. The largest absolute Gasteiger partial charge is 0.465 e. The number of hydrogen-bond donors (Lipinski definition) is 0. The molecule has 1 aromatic heterocycles. The van der Waals surface area contributed by atoms with E-state index in [1.807, 2.05) is 11.3 Å². The van der Waals surface area contributed by atoms with Gasteiger partial charge in [-0.25, -0.2) is 0 Å². The van der Waals surface area contributed by atoms with Crippen molar-refractivity contribution in [3.63, 3.8) is 0 Å². The van der Waals surface area contributed by atoms with Gasteiger partial charge in [-0.15, -0.1) is 17.9 Å². The highest BCUT2D eigenvalue weighted by molar-refractivity contribution is 7.16. The first-order valence-electron chi connectivity index (χ1n) is 6.79. The zero-order chi connectivity index (χ0) is 13.7. The summed E-state index contributed by atoms with van der Waals surface area (Å²) in [6, 6.07) is 4.32. The molecule has 104 valence electrons. The van der Waals surface area contributed by atoms with E-state index in [0.29, 0.717) is 6.61 Å². The zero-order valence-electron chi connectivity index (χ0n) is 11.4. The number of hydrogen-bond acceptors (Lipinski definition) is 4. The molecule has 0 unspecified atom stereocenters. The van der Waals surface area contributed by atoms with Crippen LogP contribution in [-0.4, -0.2) is 25.7 Å². The Labute approximate surface area is 118 Å². The van der Waals surface area contributed by atoms with Crippen LogP contribution in [0.2, 0.25) is 0 Å². The summed E-state index contributed by atoms with van der Waals surface area (Å²) in [4.78, 5) is 15.5. The quantitative estimate of drug-likeness (QED) is 0.470. The lowest BCUT2D eigenvalue weighted by Gasteiger charge is -2.31. The second-order valence-corrected chi connectivity index (χ2v) is 6.16. The number of thiophene rings is 1. The van der Waals surface area contributed by atoms with E-state index in [1.54, 1.807) is 6.08 Å². The molecule has 0 radical (unpaired) electrons. The molecule has 1 aromatic rings. The van der Waals surface area contributed by atoms with Gasteiger partial charge in [-0.05, 0) is 38.3 Å². The second-order valence-electron chi connectivity index (χ2n) is 4.89. The highest BCUT2D eigenvalue weighted by Crippen LogP contribution is 2.29. The fraction of sp³-hybridized carbons (Fsp3) is 0.533. The molecule has 0 atom stereocenters. The summed E-state index contributed by atoms with van der Waals surface area (Å²) in [7, 11) is 0. The normalized spacial score (nSPS) is 16.4. The number of rotatable bonds is 5. The predicted molar refractivity (Wildman–Crippen MR) is 79.8 cm³/mol. The Balaban J connectivity index is 1.78. The van der Waals surface area contributed by atoms with Crippen LogP contribution in [0.3, 0.4) is 0 Å². The summed E-state index contributed by atoms with van der Waals surface area (Å²) in [5.41, 5.74) is 0. The van der Waals surface area contributed by atoms with Gasteiger partial charge in [-0.1, -0.05) is 6.08 Å². The van der Waals surface area contributed by atoms with E-state index < -0.39 is 0 Å². The van der Waals surface area contributed by atoms with Crippen molar-refractivity contribution in [3.8, 4) is 0 Å². The van der Waals surface area contributed by atoms with E-state index in [0.717, 1.165) is 32.4 Å². The number of nitrogens with zero attached hydrogens (tertiary/aromatic N) is 1. The number of carbonyl (C=O) groups excluding carboxylic acids is 1. The van der Waals surface area contributed by atoms with Crippen molar-refractivity contribution in [2.75, 3.05) is 24.6 Å². The van der Waals surface area contributed by atoms with Crippen molar-refractivity contribution >= 4 is 22.3 Å². The van der Waals surface area contributed by atoms with Gasteiger partial charge in [-0.3, -0.25) is 4.79 Å². The Morgan fingerprint density at radius 2 is 2.26 bits per heavy atom. The molecule has 1 fully saturated rings. The molecule has 0 amide bonds. The van der Waals surface area contributed by atoms with Gasteiger partial charge in [0, 0.05) is 18.0 Å². The lowest BCUT2D eigenvalue weighted by Crippen LogP contribution is -2.36. The van der Waals surface area contributed by atoms with Crippen molar-refractivity contribution < 1.29 is 9.53 Å². The molecule has 0 aromatic carbocycles. The average Bonchev–Trinajstić information content (AvgIpc) is 2.86. The van der Waals surface area contributed by atoms with Crippen LogP contribution in [0.1, 0.15) is 24.1 Å². The third-order valence-corrected chi connectivity index (χ3v) is 4.49. The minimum absolute atomic E-state index is 0.0381. The lowest BCUT2D eigenvalue weighted by atomic mass is 9.97. The molecule has 1 aliphatic heterocycles. The molecule has 2 heterocycles. The molecule has 0 N–H and O–H groups in total. The van der Waals surface area contributed by atoms with Gasteiger partial charge < -0.3 is 9.64 Å². The van der Waals surface area contributed by atoms with Crippen LogP contribution in [0.4, 0.5) is 5.00 Å². The molecular weight excluding hydrogens is 258 g/mol. The van der Waals surface area contributed by atoms with Crippen LogP contribution in [0.15, 0.2) is 24.8 Å². The highest BCUT2D eigenvalue weighted by atomic mass is 32.1. The van der Waals surface area contributed by atoms with E-state index in [2.05, 4.69) is 30.5 Å². The topological polar surface area (TPSA) is 29.5 Å². The van der Waals surface area contributed by atoms with Gasteiger partial charge in [0.15, 0.2) is 0 Å². The number of ether oxygens (including phenoxy) is 1. The number of aryl methyl sites for hydroxylation is 1. The third-order valence-electron chi connectivity index (χ3n) is 3.43. The predicted octanol–water partition coefficient (Wildman–Crippen LogP) is 3.39. The minimum Gasteiger partial charge on any atom is -0.465 e. The first-order chi connectivity index (χ1) is 9.20. The van der Waals surface area contributed by atoms with E-state index in [4.69, 9.17) is 4.74 Å². The van der Waals surface area contributed by atoms with Crippen molar-refractivity contribution in [2.45, 2.75) is 26.2 Å². The van der Waals surface area contributed by atoms with Gasteiger partial charge in [0.05, 0.1) is 17.5 Å². The standard InChI is InChI=1S/C15H21NO2S/c1-3-4-11-18-15(17)13-7-9-16(10-8-13)14-6-5-12(2)19-14/h3,5-6,13H,1,4,7-11H2,2H3. The van der Waals surface area contributed by atoms with Gasteiger partial charge in [-0.2, -0.15) is 0 Å². The van der Waals surface area contributed by atoms with E-state index in [1.165, 1.54) is 9.88 Å². The van der Waals surface area contributed by atoms with Crippen molar-refractivity contribution in [2.24, 2.45) is 5.92 Å². The van der Waals surface area contributed by atoms with E-state index in [-0.39, 0.29) is 11.9 Å². The van der Waals surface area contributed by atoms with Crippen molar-refractivity contribution in [3.05, 3.63) is 29.7 Å².